The van der Waals surface area contributed by atoms with Crippen molar-refractivity contribution in [3.05, 3.63) is 21.7 Å². The molecule has 0 unspecified atom stereocenters. The summed E-state index contributed by atoms with van der Waals surface area (Å²) in [6, 6.07) is 1.95. The fourth-order valence-corrected chi connectivity index (χ4v) is 3.14. The van der Waals surface area contributed by atoms with E-state index in [9.17, 15) is 4.79 Å². The molecule has 4 nitrogen and oxygen atoms in total. The Morgan fingerprint density at radius 3 is 2.83 bits per heavy atom. The van der Waals surface area contributed by atoms with Crippen LogP contribution in [0, 0.1) is 6.92 Å². The quantitative estimate of drug-likeness (QED) is 0.622. The molecular formula is C13H12BrNO3. The van der Waals surface area contributed by atoms with Gasteiger partial charge in [0.05, 0.1) is 10.0 Å². The van der Waals surface area contributed by atoms with E-state index in [1.807, 2.05) is 13.0 Å². The molecule has 1 heterocycles. The maximum atomic E-state index is 10.7. The van der Waals surface area contributed by atoms with Crippen LogP contribution >= 0.6 is 15.9 Å². The molecule has 1 fully saturated rings. The molecule has 0 aromatic heterocycles. The average Bonchev–Trinajstić information content (AvgIpc) is 2.77. The van der Waals surface area contributed by atoms with E-state index in [0.29, 0.717) is 0 Å². The van der Waals surface area contributed by atoms with E-state index in [0.717, 1.165) is 46.4 Å². The Morgan fingerprint density at radius 1 is 1.44 bits per heavy atom. The predicted molar refractivity (Wildman–Crippen MR) is 68.7 cm³/mol. The largest absolute Gasteiger partial charge is 0.454 e. The lowest BCUT2D eigenvalue weighted by molar-refractivity contribution is 0.173. The van der Waals surface area contributed by atoms with Gasteiger partial charge in [-0.1, -0.05) is 0 Å². The molecule has 0 radical (unpaired) electrons. The first-order valence-corrected chi connectivity index (χ1v) is 6.65. The molecule has 5 heteroatoms. The van der Waals surface area contributed by atoms with Gasteiger partial charge in [0, 0.05) is 0 Å². The summed E-state index contributed by atoms with van der Waals surface area (Å²) in [6.07, 6.45) is 4.56. The van der Waals surface area contributed by atoms with E-state index in [-0.39, 0.29) is 6.79 Å². The molecule has 0 saturated heterocycles. The molecule has 0 spiro atoms. The van der Waals surface area contributed by atoms with E-state index < -0.39 is 5.54 Å². The number of hydrogen-bond donors (Lipinski definition) is 0. The summed E-state index contributed by atoms with van der Waals surface area (Å²) in [5.41, 5.74) is 1.68. The topological polar surface area (TPSA) is 47.9 Å². The van der Waals surface area contributed by atoms with E-state index in [2.05, 4.69) is 20.9 Å². The molecule has 1 aliphatic carbocycles. The van der Waals surface area contributed by atoms with Gasteiger partial charge in [-0.25, -0.2) is 4.79 Å². The Kier molecular flexibility index (Phi) is 2.68. The number of halogens is 1. The maximum Gasteiger partial charge on any atom is 0.235 e. The second-order valence-corrected chi connectivity index (χ2v) is 5.48. The molecule has 0 amide bonds. The first-order valence-electron chi connectivity index (χ1n) is 5.86. The summed E-state index contributed by atoms with van der Waals surface area (Å²) >= 11 is 3.53. The van der Waals surface area contributed by atoms with Crippen molar-refractivity contribution in [3.63, 3.8) is 0 Å². The Morgan fingerprint density at radius 2 is 2.22 bits per heavy atom. The number of nitrogens with zero attached hydrogens (tertiary/aromatic N) is 1. The van der Waals surface area contributed by atoms with Crippen LogP contribution in [0.15, 0.2) is 15.5 Å². The first kappa shape index (κ1) is 11.8. The fraction of sp³-hybridized carbons (Fsp3) is 0.462. The van der Waals surface area contributed by atoms with Crippen LogP contribution in [0.2, 0.25) is 0 Å². The van der Waals surface area contributed by atoms with Crippen molar-refractivity contribution in [1.29, 1.82) is 0 Å². The second kappa shape index (κ2) is 4.11. The zero-order chi connectivity index (χ0) is 12.8. The van der Waals surface area contributed by atoms with E-state index in [1.165, 1.54) is 0 Å². The maximum absolute atomic E-state index is 10.7. The van der Waals surface area contributed by atoms with Crippen LogP contribution in [0.4, 0.5) is 0 Å². The Hall–Kier alpha value is -1.32. The average molecular weight is 310 g/mol. The summed E-state index contributed by atoms with van der Waals surface area (Å²) in [5.74, 6) is 1.45. The summed E-state index contributed by atoms with van der Waals surface area (Å²) < 4.78 is 11.7. The molecule has 18 heavy (non-hydrogen) atoms. The highest BCUT2D eigenvalue weighted by Gasteiger charge is 2.41. The fourth-order valence-electron chi connectivity index (χ4n) is 2.62. The lowest BCUT2D eigenvalue weighted by Gasteiger charge is -2.38. The van der Waals surface area contributed by atoms with Crippen molar-refractivity contribution in [2.24, 2.45) is 4.99 Å². The van der Waals surface area contributed by atoms with Gasteiger partial charge in [0.1, 0.15) is 0 Å². The summed E-state index contributed by atoms with van der Waals surface area (Å²) in [4.78, 5) is 14.7. The SMILES string of the molecule is Cc1c(C2(N=C=O)CCC2)cc2c(c1Br)OCO2. The molecule has 94 valence electrons. The number of ether oxygens (including phenoxy) is 2. The third-order valence-electron chi connectivity index (χ3n) is 3.79. The molecule has 0 atom stereocenters. The standard InChI is InChI=1S/C13H12BrNO3/c1-8-9(13(15-6-16)3-2-4-13)5-10-12(11(8)14)18-7-17-10/h5H,2-4,7H2,1H3. The highest BCUT2D eigenvalue weighted by Crippen LogP contribution is 2.51. The van der Waals surface area contributed by atoms with Gasteiger partial charge in [-0.05, 0) is 59.3 Å². The van der Waals surface area contributed by atoms with E-state index in [4.69, 9.17) is 9.47 Å². The van der Waals surface area contributed by atoms with Gasteiger partial charge in [0.15, 0.2) is 11.5 Å². The Balaban J connectivity index is 2.18. The minimum absolute atomic E-state index is 0.237. The third kappa shape index (κ3) is 1.51. The van der Waals surface area contributed by atoms with Crippen LogP contribution in [-0.2, 0) is 10.3 Å². The minimum atomic E-state index is -0.407. The van der Waals surface area contributed by atoms with Crippen LogP contribution in [0.1, 0.15) is 30.4 Å². The molecule has 0 bridgehead atoms. The van der Waals surface area contributed by atoms with Gasteiger partial charge in [0.25, 0.3) is 0 Å². The van der Waals surface area contributed by atoms with Gasteiger partial charge < -0.3 is 9.47 Å². The highest BCUT2D eigenvalue weighted by molar-refractivity contribution is 9.10. The number of hydrogen-bond acceptors (Lipinski definition) is 4. The van der Waals surface area contributed by atoms with Crippen LogP contribution < -0.4 is 9.47 Å². The third-order valence-corrected chi connectivity index (χ3v) is 4.75. The Bertz CT molecular complexity index is 560. The summed E-state index contributed by atoms with van der Waals surface area (Å²) in [7, 11) is 0. The molecule has 0 N–H and O–H groups in total. The minimum Gasteiger partial charge on any atom is -0.454 e. The molecule has 1 saturated carbocycles. The van der Waals surface area contributed by atoms with Crippen molar-refractivity contribution in [2.45, 2.75) is 31.7 Å². The lowest BCUT2D eigenvalue weighted by atomic mass is 9.71. The van der Waals surface area contributed by atoms with Gasteiger partial charge in [-0.15, -0.1) is 0 Å². The number of isocyanates is 1. The monoisotopic (exact) mass is 309 g/mol. The van der Waals surface area contributed by atoms with Crippen LogP contribution in [-0.4, -0.2) is 12.9 Å². The van der Waals surface area contributed by atoms with Crippen LogP contribution in [0.3, 0.4) is 0 Å². The molecule has 1 aliphatic heterocycles. The van der Waals surface area contributed by atoms with E-state index in [1.54, 1.807) is 6.08 Å². The number of fused-ring (bicyclic) bond motifs is 1. The van der Waals surface area contributed by atoms with Gasteiger partial charge in [0.2, 0.25) is 12.9 Å². The number of benzene rings is 1. The van der Waals surface area contributed by atoms with Crippen LogP contribution in [0.25, 0.3) is 0 Å². The number of carbonyl (C=O) groups excluding carboxylic acids is 1. The molecular weight excluding hydrogens is 298 g/mol. The van der Waals surface area contributed by atoms with Crippen molar-refractivity contribution in [2.75, 3.05) is 6.79 Å². The Labute approximate surface area is 113 Å². The zero-order valence-electron chi connectivity index (χ0n) is 9.96. The summed E-state index contributed by atoms with van der Waals surface area (Å²) in [5, 5.41) is 0. The molecule has 1 aromatic rings. The van der Waals surface area contributed by atoms with Crippen molar-refractivity contribution < 1.29 is 14.3 Å². The zero-order valence-corrected chi connectivity index (χ0v) is 11.5. The van der Waals surface area contributed by atoms with Crippen molar-refractivity contribution in [3.8, 4) is 11.5 Å². The second-order valence-electron chi connectivity index (χ2n) is 4.69. The first-order chi connectivity index (χ1) is 8.68. The van der Waals surface area contributed by atoms with Gasteiger partial charge >= 0.3 is 0 Å². The van der Waals surface area contributed by atoms with Crippen molar-refractivity contribution >= 4 is 22.0 Å². The molecule has 2 aliphatic rings. The number of rotatable bonds is 2. The smallest absolute Gasteiger partial charge is 0.235 e. The molecule has 3 rings (SSSR count). The van der Waals surface area contributed by atoms with E-state index >= 15 is 0 Å². The molecule has 1 aromatic carbocycles. The summed E-state index contributed by atoms with van der Waals surface area (Å²) in [6.45, 7) is 2.24. The predicted octanol–water partition coefficient (Wildman–Crippen LogP) is 3.20. The van der Waals surface area contributed by atoms with Gasteiger partial charge in [-0.3, -0.25) is 0 Å². The van der Waals surface area contributed by atoms with Crippen LogP contribution in [0.5, 0.6) is 11.5 Å². The number of aliphatic imine (C=N–C) groups is 1. The normalized spacial score (nSPS) is 19.0. The van der Waals surface area contributed by atoms with Crippen molar-refractivity contribution in [1.82, 2.24) is 0 Å². The lowest BCUT2D eigenvalue weighted by Crippen LogP contribution is -2.32. The highest BCUT2D eigenvalue weighted by atomic mass is 79.9. The van der Waals surface area contributed by atoms with Gasteiger partial charge in [-0.2, -0.15) is 4.99 Å².